The predicted octanol–water partition coefficient (Wildman–Crippen LogP) is 5.28. The summed E-state index contributed by atoms with van der Waals surface area (Å²) in [6.07, 6.45) is 2.67. The fourth-order valence-electron chi connectivity index (χ4n) is 3.06. The van der Waals surface area contributed by atoms with Gasteiger partial charge in [-0.15, -0.1) is 0 Å². The number of nitrogens with one attached hydrogen (secondary N) is 1. The lowest BCUT2D eigenvalue weighted by Gasteiger charge is -2.20. The molecule has 0 bridgehead atoms. The van der Waals surface area contributed by atoms with Gasteiger partial charge in [0.25, 0.3) is 5.91 Å². The van der Waals surface area contributed by atoms with E-state index in [0.29, 0.717) is 17.5 Å². The van der Waals surface area contributed by atoms with E-state index in [0.717, 1.165) is 16.2 Å². The number of carboxylic acid groups (broad SMARTS) is 1. The molecule has 3 aromatic rings. The normalized spacial score (nSPS) is 9.61. The maximum absolute atomic E-state index is 12.7. The van der Waals surface area contributed by atoms with Gasteiger partial charge >= 0.3 is 12.0 Å². The Morgan fingerprint density at radius 3 is 2.11 bits per heavy atom. The number of nitrogens with zero attached hydrogens (tertiary/aromatic N) is 1. The molecule has 36 heavy (non-hydrogen) atoms. The largest absolute Gasteiger partial charge is 0.480 e. The highest BCUT2D eigenvalue weighted by molar-refractivity contribution is 7.97. The fourth-order valence-corrected chi connectivity index (χ4v) is 3.58. The Balaban J connectivity index is 0.000000425. The standard InChI is InChI=1S/C21H20N2O4.C8H10S/c1-2-13-23(21(27)22-15-19(24)25)20(26)18-10-6-9-17(14-18)12-11-16-7-4-3-5-8-16;1-9-7-8-5-3-2-4-6-8/h3-10,14H,2,13,15H2,1H3,(H,22,27)(H,24,25);2-6H,7H2,1H3. The first kappa shape index (κ1) is 28.2. The van der Waals surface area contributed by atoms with Crippen LogP contribution in [0.3, 0.4) is 0 Å². The highest BCUT2D eigenvalue weighted by atomic mass is 32.2. The number of hydrogen-bond acceptors (Lipinski definition) is 4. The maximum Gasteiger partial charge on any atom is 0.324 e. The molecule has 0 saturated carbocycles. The van der Waals surface area contributed by atoms with E-state index < -0.39 is 24.5 Å². The third-order valence-electron chi connectivity index (χ3n) is 4.72. The molecule has 0 atom stereocenters. The van der Waals surface area contributed by atoms with Crippen molar-refractivity contribution < 1.29 is 19.5 Å². The second kappa shape index (κ2) is 15.8. The van der Waals surface area contributed by atoms with E-state index >= 15 is 0 Å². The maximum atomic E-state index is 12.7. The van der Waals surface area contributed by atoms with Crippen LogP contribution in [0.1, 0.15) is 40.4 Å². The van der Waals surface area contributed by atoms with Gasteiger partial charge in [-0.25, -0.2) is 4.79 Å². The summed E-state index contributed by atoms with van der Waals surface area (Å²) in [5.74, 6) is 5.47. The molecule has 3 aromatic carbocycles. The van der Waals surface area contributed by atoms with Crippen LogP contribution in [0.25, 0.3) is 0 Å². The molecule has 0 aliphatic heterocycles. The molecule has 0 spiro atoms. The van der Waals surface area contributed by atoms with Gasteiger partial charge in [-0.1, -0.05) is 73.4 Å². The molecule has 3 rings (SSSR count). The Labute approximate surface area is 216 Å². The first-order valence-electron chi connectivity index (χ1n) is 11.5. The van der Waals surface area contributed by atoms with Crippen LogP contribution in [-0.4, -0.2) is 47.3 Å². The zero-order valence-corrected chi connectivity index (χ0v) is 21.3. The number of benzene rings is 3. The lowest BCUT2D eigenvalue weighted by Crippen LogP contribution is -2.45. The minimum Gasteiger partial charge on any atom is -0.480 e. The minimum absolute atomic E-state index is 0.185. The van der Waals surface area contributed by atoms with Crippen molar-refractivity contribution in [2.45, 2.75) is 19.1 Å². The van der Waals surface area contributed by atoms with Crippen LogP contribution in [0.4, 0.5) is 4.79 Å². The van der Waals surface area contributed by atoms with Crippen LogP contribution in [0.5, 0.6) is 0 Å². The van der Waals surface area contributed by atoms with Crippen molar-refractivity contribution in [1.82, 2.24) is 10.2 Å². The monoisotopic (exact) mass is 502 g/mol. The van der Waals surface area contributed by atoms with Gasteiger partial charge in [-0.3, -0.25) is 14.5 Å². The summed E-state index contributed by atoms with van der Waals surface area (Å²) in [6, 6.07) is 25.9. The molecular weight excluding hydrogens is 472 g/mol. The van der Waals surface area contributed by atoms with E-state index in [2.05, 4.69) is 47.7 Å². The van der Waals surface area contributed by atoms with Crippen LogP contribution in [0.15, 0.2) is 84.9 Å². The van der Waals surface area contributed by atoms with Crippen LogP contribution in [-0.2, 0) is 10.5 Å². The summed E-state index contributed by atoms with van der Waals surface area (Å²) in [5, 5.41) is 10.9. The Morgan fingerprint density at radius 2 is 1.50 bits per heavy atom. The zero-order valence-electron chi connectivity index (χ0n) is 20.4. The number of rotatable bonds is 7. The van der Waals surface area contributed by atoms with Gasteiger partial charge in [0.2, 0.25) is 0 Å². The van der Waals surface area contributed by atoms with Crippen LogP contribution >= 0.6 is 11.8 Å². The first-order chi connectivity index (χ1) is 17.4. The number of urea groups is 1. The molecule has 0 aliphatic rings. The van der Waals surface area contributed by atoms with Crippen molar-refractivity contribution in [3.63, 3.8) is 0 Å². The van der Waals surface area contributed by atoms with Crippen molar-refractivity contribution in [3.05, 3.63) is 107 Å². The fraction of sp³-hybridized carbons (Fsp3) is 0.207. The van der Waals surface area contributed by atoms with Gasteiger partial charge in [0, 0.05) is 29.0 Å². The highest BCUT2D eigenvalue weighted by Crippen LogP contribution is 2.10. The van der Waals surface area contributed by atoms with Gasteiger partial charge in [0.15, 0.2) is 0 Å². The number of carboxylic acids is 1. The molecule has 0 saturated heterocycles. The van der Waals surface area contributed by atoms with Gasteiger partial charge in [-0.05, 0) is 48.6 Å². The highest BCUT2D eigenvalue weighted by Gasteiger charge is 2.22. The van der Waals surface area contributed by atoms with Gasteiger partial charge in [0.05, 0.1) is 0 Å². The van der Waals surface area contributed by atoms with Crippen molar-refractivity contribution >= 4 is 29.7 Å². The number of imide groups is 1. The van der Waals surface area contributed by atoms with E-state index in [1.54, 1.807) is 24.3 Å². The smallest absolute Gasteiger partial charge is 0.324 e. The quantitative estimate of drug-likeness (QED) is 0.429. The molecule has 7 heteroatoms. The SMILES string of the molecule is CCCN(C(=O)NCC(=O)O)C(=O)c1cccc(C#Cc2ccccc2)c1.CSCc1ccccc1. The molecule has 6 nitrogen and oxygen atoms in total. The first-order valence-corrected chi connectivity index (χ1v) is 12.9. The average molecular weight is 503 g/mol. The van der Waals surface area contributed by atoms with E-state index in [-0.39, 0.29) is 6.54 Å². The third kappa shape index (κ3) is 10.1. The van der Waals surface area contributed by atoms with Gasteiger partial charge in [-0.2, -0.15) is 11.8 Å². The van der Waals surface area contributed by atoms with E-state index in [9.17, 15) is 14.4 Å². The molecule has 0 fully saturated rings. The summed E-state index contributed by atoms with van der Waals surface area (Å²) in [5.41, 5.74) is 3.22. The molecular formula is C29H30N2O4S. The average Bonchev–Trinajstić information content (AvgIpc) is 2.91. The third-order valence-corrected chi connectivity index (χ3v) is 5.34. The summed E-state index contributed by atoms with van der Waals surface area (Å²) in [7, 11) is 0. The van der Waals surface area contributed by atoms with Crippen molar-refractivity contribution in [2.24, 2.45) is 0 Å². The molecule has 3 amide bonds. The summed E-state index contributed by atoms with van der Waals surface area (Å²) in [6.45, 7) is 1.46. The Kier molecular flexibility index (Phi) is 12.4. The second-order valence-electron chi connectivity index (χ2n) is 7.62. The van der Waals surface area contributed by atoms with E-state index in [4.69, 9.17) is 5.11 Å². The Bertz CT molecular complexity index is 1190. The molecule has 0 heterocycles. The molecule has 186 valence electrons. The van der Waals surface area contributed by atoms with Gasteiger partial charge < -0.3 is 10.4 Å². The number of carbonyl (C=O) groups excluding carboxylic acids is 2. The van der Waals surface area contributed by atoms with Gasteiger partial charge in [0.1, 0.15) is 6.54 Å². The number of aliphatic carboxylic acids is 1. The number of amides is 3. The van der Waals surface area contributed by atoms with E-state index in [1.807, 2.05) is 55.1 Å². The Morgan fingerprint density at radius 1 is 0.889 bits per heavy atom. The van der Waals surface area contributed by atoms with E-state index in [1.165, 1.54) is 5.56 Å². The lowest BCUT2D eigenvalue weighted by molar-refractivity contribution is -0.135. The molecule has 0 aromatic heterocycles. The zero-order chi connectivity index (χ0) is 26.2. The van der Waals surface area contributed by atoms with Crippen LogP contribution in [0, 0.1) is 11.8 Å². The molecule has 2 N–H and O–H groups in total. The molecule has 0 unspecified atom stereocenters. The van der Waals surface area contributed by atoms with Crippen LogP contribution < -0.4 is 5.32 Å². The number of hydrogen-bond donors (Lipinski definition) is 2. The van der Waals surface area contributed by atoms with Crippen molar-refractivity contribution in [2.75, 3.05) is 19.3 Å². The summed E-state index contributed by atoms with van der Waals surface area (Å²) in [4.78, 5) is 36.5. The number of thioether (sulfide) groups is 1. The minimum atomic E-state index is -1.18. The van der Waals surface area contributed by atoms with Crippen LogP contribution in [0.2, 0.25) is 0 Å². The molecule has 0 radical (unpaired) electrons. The Hall–Kier alpha value is -4.02. The second-order valence-corrected chi connectivity index (χ2v) is 8.49. The predicted molar refractivity (Wildman–Crippen MR) is 145 cm³/mol. The summed E-state index contributed by atoms with van der Waals surface area (Å²) >= 11 is 1.85. The number of carbonyl (C=O) groups is 3. The summed E-state index contributed by atoms with van der Waals surface area (Å²) < 4.78 is 0. The lowest BCUT2D eigenvalue weighted by atomic mass is 10.1. The topological polar surface area (TPSA) is 86.7 Å². The molecule has 0 aliphatic carbocycles. The van der Waals surface area contributed by atoms with Crippen molar-refractivity contribution in [3.8, 4) is 11.8 Å². The van der Waals surface area contributed by atoms with Crippen molar-refractivity contribution in [1.29, 1.82) is 0 Å².